The van der Waals surface area contributed by atoms with Crippen LogP contribution in [-0.2, 0) is 20.7 Å². The van der Waals surface area contributed by atoms with Gasteiger partial charge in [-0.3, -0.25) is 14.4 Å². The number of aryl methyl sites for hydroxylation is 1. The van der Waals surface area contributed by atoms with Gasteiger partial charge in [0.25, 0.3) is 5.91 Å². The molecule has 8 heteroatoms. The number of rotatable bonds is 11. The van der Waals surface area contributed by atoms with E-state index in [2.05, 4.69) is 46.5 Å². The zero-order chi connectivity index (χ0) is 25.5. The van der Waals surface area contributed by atoms with Crippen LogP contribution < -0.4 is 10.6 Å². The van der Waals surface area contributed by atoms with Gasteiger partial charge in [-0.15, -0.1) is 0 Å². The highest BCUT2D eigenvalue weighted by Gasteiger charge is 2.40. The number of benzene rings is 1. The van der Waals surface area contributed by atoms with E-state index in [1.807, 2.05) is 18.2 Å². The molecule has 2 fully saturated rings. The maximum atomic E-state index is 13.5. The van der Waals surface area contributed by atoms with Crippen LogP contribution in [0.2, 0.25) is 0 Å². The zero-order valence-corrected chi connectivity index (χ0v) is 21.3. The van der Waals surface area contributed by atoms with Crippen molar-refractivity contribution in [2.75, 3.05) is 26.2 Å². The molecule has 0 radical (unpaired) electrons. The number of Topliss-reactive ketones (excluding diaryl/α,β-unsaturated/α-hetero) is 1. The molecule has 0 bridgehead atoms. The second-order valence-electron chi connectivity index (χ2n) is 10.8. The number of amides is 2. The number of aromatic amines is 1. The number of H-pyrrole nitrogens is 1. The van der Waals surface area contributed by atoms with Crippen molar-refractivity contribution in [1.29, 1.82) is 0 Å². The molecule has 194 valence electrons. The number of ketones is 1. The highest BCUT2D eigenvalue weighted by atomic mass is 16.5. The fraction of sp³-hybridized carbons (Fsp3) is 0.536. The third-order valence-electron chi connectivity index (χ3n) is 7.26. The molecule has 2 amide bonds. The molecule has 1 aromatic heterocycles. The minimum absolute atomic E-state index is 0.00635. The number of aromatic nitrogens is 1. The summed E-state index contributed by atoms with van der Waals surface area (Å²) in [6.07, 6.45) is 7.36. The fourth-order valence-corrected chi connectivity index (χ4v) is 5.09. The number of ether oxygens (including phenoxy) is 1. The first-order chi connectivity index (χ1) is 17.3. The Hall–Kier alpha value is -2.97. The van der Waals surface area contributed by atoms with Crippen molar-refractivity contribution >= 4 is 17.6 Å². The Kier molecular flexibility index (Phi) is 8.59. The van der Waals surface area contributed by atoms with E-state index in [9.17, 15) is 14.4 Å². The number of hydrogen-bond acceptors (Lipinski definition) is 5. The smallest absolute Gasteiger partial charge is 0.253 e. The summed E-state index contributed by atoms with van der Waals surface area (Å²) in [5.74, 6) is -0.786. The van der Waals surface area contributed by atoms with Crippen molar-refractivity contribution < 1.29 is 19.1 Å². The molecule has 0 saturated carbocycles. The minimum Gasteiger partial charge on any atom is -0.367 e. The van der Waals surface area contributed by atoms with Crippen LogP contribution in [0.1, 0.15) is 55.5 Å². The van der Waals surface area contributed by atoms with Gasteiger partial charge in [0.2, 0.25) is 5.91 Å². The molecule has 2 aliphatic heterocycles. The van der Waals surface area contributed by atoms with Crippen molar-refractivity contribution in [1.82, 2.24) is 20.5 Å². The Labute approximate surface area is 213 Å². The molecule has 8 nitrogen and oxygen atoms in total. The summed E-state index contributed by atoms with van der Waals surface area (Å²) in [5, 5.41) is 5.85. The summed E-state index contributed by atoms with van der Waals surface area (Å²) in [6.45, 7) is 6.82. The number of nitrogens with one attached hydrogen (secondary N) is 3. The quantitative estimate of drug-likeness (QED) is 0.446. The molecule has 4 rings (SSSR count). The second kappa shape index (κ2) is 11.8. The summed E-state index contributed by atoms with van der Waals surface area (Å²) in [6, 6.07) is 10.4. The lowest BCUT2D eigenvalue weighted by Gasteiger charge is -2.31. The predicted octanol–water partition coefficient (Wildman–Crippen LogP) is 2.71. The summed E-state index contributed by atoms with van der Waals surface area (Å²) < 4.78 is 5.75. The Bertz CT molecular complexity index is 1020. The van der Waals surface area contributed by atoms with Crippen molar-refractivity contribution in [3.8, 4) is 0 Å². The normalized spacial score (nSPS) is 21.4. The van der Waals surface area contributed by atoms with Gasteiger partial charge in [0, 0.05) is 18.9 Å². The van der Waals surface area contributed by atoms with Gasteiger partial charge < -0.3 is 25.3 Å². The van der Waals surface area contributed by atoms with Crippen LogP contribution in [0.5, 0.6) is 0 Å². The minimum atomic E-state index is -0.779. The van der Waals surface area contributed by atoms with Crippen molar-refractivity contribution in [2.24, 2.45) is 5.41 Å². The average molecular weight is 495 g/mol. The van der Waals surface area contributed by atoms with Crippen LogP contribution in [0, 0.1) is 5.41 Å². The van der Waals surface area contributed by atoms with Crippen LogP contribution in [0.15, 0.2) is 48.8 Å². The lowest BCUT2D eigenvalue weighted by Crippen LogP contribution is -2.55. The number of hydrogen-bond donors (Lipinski definition) is 3. The van der Waals surface area contributed by atoms with Crippen molar-refractivity contribution in [2.45, 2.75) is 64.1 Å². The largest absolute Gasteiger partial charge is 0.367 e. The van der Waals surface area contributed by atoms with E-state index in [1.165, 1.54) is 5.56 Å². The van der Waals surface area contributed by atoms with E-state index in [4.69, 9.17) is 4.74 Å². The third-order valence-corrected chi connectivity index (χ3v) is 7.26. The predicted molar refractivity (Wildman–Crippen MR) is 138 cm³/mol. The molecule has 3 heterocycles. The van der Waals surface area contributed by atoms with Crippen molar-refractivity contribution in [3.63, 3.8) is 0 Å². The highest BCUT2D eigenvalue weighted by molar-refractivity contribution is 5.98. The maximum absolute atomic E-state index is 13.5. The lowest BCUT2D eigenvalue weighted by atomic mass is 9.80. The molecule has 2 saturated heterocycles. The topological polar surface area (TPSA) is 104 Å². The lowest BCUT2D eigenvalue weighted by molar-refractivity contribution is -0.128. The Balaban J connectivity index is 1.44. The summed E-state index contributed by atoms with van der Waals surface area (Å²) in [7, 11) is 0. The number of carbonyl (C=O) groups excluding carboxylic acids is 3. The van der Waals surface area contributed by atoms with Crippen LogP contribution in [0.4, 0.5) is 0 Å². The SMILES string of the molecule is CC(C)(CCc1ccccc1)C[C@H](NC(=O)c1cc[nH]c1)C(=O)NC1C(=O)COC1CN1CCCC1. The van der Waals surface area contributed by atoms with Gasteiger partial charge in [-0.1, -0.05) is 44.2 Å². The molecule has 2 aromatic rings. The summed E-state index contributed by atoms with van der Waals surface area (Å²) in [5.41, 5.74) is 1.47. The van der Waals surface area contributed by atoms with E-state index >= 15 is 0 Å². The first kappa shape index (κ1) is 26.1. The van der Waals surface area contributed by atoms with Gasteiger partial charge >= 0.3 is 0 Å². The van der Waals surface area contributed by atoms with E-state index < -0.39 is 12.1 Å². The van der Waals surface area contributed by atoms with Crippen molar-refractivity contribution in [3.05, 3.63) is 59.9 Å². The van der Waals surface area contributed by atoms with E-state index in [1.54, 1.807) is 18.5 Å². The first-order valence-electron chi connectivity index (χ1n) is 13.0. The maximum Gasteiger partial charge on any atom is 0.253 e. The van der Waals surface area contributed by atoms with E-state index in [-0.39, 0.29) is 35.7 Å². The number of likely N-dealkylation sites (tertiary alicyclic amines) is 1. The third kappa shape index (κ3) is 7.04. The molecular formula is C28H38N4O4. The van der Waals surface area contributed by atoms with E-state index in [0.717, 1.165) is 38.8 Å². The first-order valence-corrected chi connectivity index (χ1v) is 13.0. The standard InChI is InChI=1S/C28H38N4O4/c1-28(2,12-10-20-8-4-3-5-9-20)16-22(30-26(34)21-11-13-29-17-21)27(35)31-25-23(33)19-36-24(25)18-32-14-6-7-15-32/h3-5,8-9,11,13,17,22,24-25,29H,6-7,10,12,14-16,18-19H2,1-2H3,(H,30,34)(H,31,35)/t22-,24?,25?/m0/s1. The molecule has 2 unspecified atom stereocenters. The van der Waals surface area contributed by atoms with Gasteiger partial charge in [0.1, 0.15) is 18.7 Å². The molecule has 0 aliphatic carbocycles. The number of carbonyl (C=O) groups is 3. The van der Waals surface area contributed by atoms with Crippen LogP contribution in [-0.4, -0.2) is 71.9 Å². The van der Waals surface area contributed by atoms with Gasteiger partial charge in [-0.25, -0.2) is 0 Å². The fourth-order valence-electron chi connectivity index (χ4n) is 5.09. The second-order valence-corrected chi connectivity index (χ2v) is 10.8. The molecule has 0 spiro atoms. The van der Waals surface area contributed by atoms with Gasteiger partial charge in [0.05, 0.1) is 11.7 Å². The Morgan fingerprint density at radius 1 is 1.17 bits per heavy atom. The molecule has 3 N–H and O–H groups in total. The van der Waals surface area contributed by atoms with Crippen LogP contribution in [0.25, 0.3) is 0 Å². The molecule has 1 aromatic carbocycles. The molecular weight excluding hydrogens is 456 g/mol. The summed E-state index contributed by atoms with van der Waals surface area (Å²) in [4.78, 5) is 44.2. The zero-order valence-electron chi connectivity index (χ0n) is 21.3. The molecule has 36 heavy (non-hydrogen) atoms. The number of nitrogens with zero attached hydrogens (tertiary/aromatic N) is 1. The Morgan fingerprint density at radius 3 is 2.61 bits per heavy atom. The van der Waals surface area contributed by atoms with Gasteiger partial charge in [-0.2, -0.15) is 0 Å². The van der Waals surface area contributed by atoms with Crippen LogP contribution >= 0.6 is 0 Å². The highest BCUT2D eigenvalue weighted by Crippen LogP contribution is 2.29. The monoisotopic (exact) mass is 494 g/mol. The van der Waals surface area contributed by atoms with Crippen LogP contribution in [0.3, 0.4) is 0 Å². The molecule has 3 atom stereocenters. The van der Waals surface area contributed by atoms with Gasteiger partial charge in [0.15, 0.2) is 5.78 Å². The van der Waals surface area contributed by atoms with E-state index in [0.29, 0.717) is 18.5 Å². The van der Waals surface area contributed by atoms with Gasteiger partial charge in [-0.05, 0) is 62.2 Å². The molecule has 2 aliphatic rings. The Morgan fingerprint density at radius 2 is 1.92 bits per heavy atom. The average Bonchev–Trinajstić information content (AvgIpc) is 3.63. The summed E-state index contributed by atoms with van der Waals surface area (Å²) >= 11 is 0.